The van der Waals surface area contributed by atoms with Gasteiger partial charge in [0.25, 0.3) is 0 Å². The third kappa shape index (κ3) is 5.54. The molecule has 0 aromatic carbocycles. The van der Waals surface area contributed by atoms with Crippen LogP contribution < -0.4 is 0 Å². The van der Waals surface area contributed by atoms with Crippen molar-refractivity contribution in [3.63, 3.8) is 0 Å². The van der Waals surface area contributed by atoms with E-state index in [1.807, 2.05) is 6.08 Å². The molecule has 0 amide bonds. The molecule has 1 heteroatoms. The van der Waals surface area contributed by atoms with E-state index in [0.29, 0.717) is 0 Å². The van der Waals surface area contributed by atoms with Gasteiger partial charge in [-0.25, -0.2) is 0 Å². The van der Waals surface area contributed by atoms with E-state index in [9.17, 15) is 0 Å². The number of ether oxygens (including phenoxy) is 1. The molecule has 7 heavy (non-hydrogen) atoms. The van der Waals surface area contributed by atoms with Crippen LogP contribution in [0.3, 0.4) is 0 Å². The van der Waals surface area contributed by atoms with Gasteiger partial charge in [0.1, 0.15) is 0 Å². The van der Waals surface area contributed by atoms with Crippen LogP contribution in [0.25, 0.3) is 0 Å². The average molecular weight is 99.2 g/mol. The van der Waals surface area contributed by atoms with Gasteiger partial charge in [0.2, 0.25) is 0 Å². The fourth-order valence-corrected chi connectivity index (χ4v) is 0.282. The lowest BCUT2D eigenvalue weighted by Gasteiger charge is -1.83. The molecule has 0 unspecified atom stereocenters. The predicted molar refractivity (Wildman–Crippen MR) is 30.7 cm³/mol. The van der Waals surface area contributed by atoms with Gasteiger partial charge >= 0.3 is 0 Å². The number of hydrogen-bond donors (Lipinski definition) is 0. The summed E-state index contributed by atoms with van der Waals surface area (Å²) >= 11 is 0. The summed E-state index contributed by atoms with van der Waals surface area (Å²) in [4.78, 5) is 0. The Morgan fingerprint density at radius 1 is 1.71 bits per heavy atom. The molecule has 0 aliphatic rings. The fraction of sp³-hybridized carbons (Fsp3) is 0.500. The SMILES string of the molecule is [CH2]CCC=COC. The normalized spacial score (nSPS) is 10.0. The van der Waals surface area contributed by atoms with Crippen LogP contribution in [0.5, 0.6) is 0 Å². The summed E-state index contributed by atoms with van der Waals surface area (Å²) in [6, 6.07) is 0. The van der Waals surface area contributed by atoms with E-state index in [1.54, 1.807) is 13.4 Å². The summed E-state index contributed by atoms with van der Waals surface area (Å²) in [5.41, 5.74) is 0. The Bertz CT molecular complexity index is 48.1. The smallest absolute Gasteiger partial charge is 0.0784 e. The molecule has 0 N–H and O–H groups in total. The molecule has 0 aliphatic heterocycles. The molecule has 0 aliphatic carbocycles. The van der Waals surface area contributed by atoms with Crippen LogP contribution in [0.15, 0.2) is 12.3 Å². The lowest BCUT2D eigenvalue weighted by molar-refractivity contribution is 0.336. The highest BCUT2D eigenvalue weighted by Gasteiger charge is 1.68. The molecule has 0 atom stereocenters. The molecular weight excluding hydrogens is 88.1 g/mol. The van der Waals surface area contributed by atoms with Crippen LogP contribution in [0.4, 0.5) is 0 Å². The van der Waals surface area contributed by atoms with Crippen molar-refractivity contribution in [1.29, 1.82) is 0 Å². The molecule has 41 valence electrons. The van der Waals surface area contributed by atoms with Crippen molar-refractivity contribution in [3.05, 3.63) is 19.3 Å². The average Bonchev–Trinajstić information content (AvgIpc) is 1.69. The van der Waals surface area contributed by atoms with E-state index >= 15 is 0 Å². The molecule has 0 fully saturated rings. The Kier molecular flexibility index (Phi) is 5.18. The molecule has 1 nitrogen and oxygen atoms in total. The van der Waals surface area contributed by atoms with Gasteiger partial charge in [-0.3, -0.25) is 0 Å². The molecule has 0 saturated heterocycles. The highest BCUT2D eigenvalue weighted by molar-refractivity contribution is 4.72. The second-order valence-electron chi connectivity index (χ2n) is 1.25. The van der Waals surface area contributed by atoms with E-state index in [2.05, 4.69) is 11.7 Å². The molecule has 0 heterocycles. The Labute approximate surface area is 45.0 Å². The van der Waals surface area contributed by atoms with Crippen molar-refractivity contribution in [2.75, 3.05) is 7.11 Å². The van der Waals surface area contributed by atoms with Crippen LogP contribution in [0, 0.1) is 6.92 Å². The van der Waals surface area contributed by atoms with Crippen LogP contribution >= 0.6 is 0 Å². The Balaban J connectivity index is 2.78. The van der Waals surface area contributed by atoms with Crippen molar-refractivity contribution < 1.29 is 4.74 Å². The lowest BCUT2D eigenvalue weighted by atomic mass is 10.3. The number of allylic oxidation sites excluding steroid dienone is 1. The van der Waals surface area contributed by atoms with Crippen LogP contribution in [-0.2, 0) is 4.74 Å². The summed E-state index contributed by atoms with van der Waals surface area (Å²) in [5.74, 6) is 0. The second kappa shape index (κ2) is 5.54. The van der Waals surface area contributed by atoms with Crippen LogP contribution in [0.2, 0.25) is 0 Å². The maximum atomic E-state index is 4.64. The first kappa shape index (κ1) is 6.54. The number of methoxy groups -OCH3 is 1. The van der Waals surface area contributed by atoms with Crippen molar-refractivity contribution in [3.8, 4) is 0 Å². The number of hydrogen-bond acceptors (Lipinski definition) is 1. The van der Waals surface area contributed by atoms with E-state index in [-0.39, 0.29) is 0 Å². The topological polar surface area (TPSA) is 9.23 Å². The summed E-state index contributed by atoms with van der Waals surface area (Å²) in [6.07, 6.45) is 5.58. The van der Waals surface area contributed by atoms with Crippen LogP contribution in [0.1, 0.15) is 12.8 Å². The lowest BCUT2D eigenvalue weighted by Crippen LogP contribution is -1.64. The van der Waals surface area contributed by atoms with Crippen molar-refractivity contribution >= 4 is 0 Å². The molecule has 0 bridgehead atoms. The zero-order valence-electron chi connectivity index (χ0n) is 4.68. The Hall–Kier alpha value is -0.460. The van der Waals surface area contributed by atoms with Gasteiger partial charge in [-0.15, -0.1) is 0 Å². The van der Waals surface area contributed by atoms with E-state index < -0.39 is 0 Å². The maximum absolute atomic E-state index is 4.64. The molecule has 0 saturated carbocycles. The van der Waals surface area contributed by atoms with Gasteiger partial charge < -0.3 is 4.74 Å². The summed E-state index contributed by atoms with van der Waals surface area (Å²) in [5, 5.41) is 0. The minimum Gasteiger partial charge on any atom is -0.505 e. The first-order valence-electron chi connectivity index (χ1n) is 2.39. The third-order valence-electron chi connectivity index (χ3n) is 0.603. The molecule has 0 spiro atoms. The van der Waals surface area contributed by atoms with Gasteiger partial charge in [0.15, 0.2) is 0 Å². The first-order valence-corrected chi connectivity index (χ1v) is 2.39. The minimum absolute atomic E-state index is 0.944. The number of rotatable bonds is 3. The quantitative estimate of drug-likeness (QED) is 0.490. The summed E-state index contributed by atoms with van der Waals surface area (Å²) < 4.78 is 4.64. The zero-order chi connectivity index (χ0) is 5.54. The molecule has 0 aromatic rings. The fourth-order valence-electron chi connectivity index (χ4n) is 0.282. The van der Waals surface area contributed by atoms with E-state index in [0.717, 1.165) is 12.8 Å². The predicted octanol–water partition coefficient (Wildman–Crippen LogP) is 1.76. The van der Waals surface area contributed by atoms with Gasteiger partial charge in [-0.2, -0.15) is 0 Å². The van der Waals surface area contributed by atoms with Gasteiger partial charge in [0, 0.05) is 0 Å². The standard InChI is InChI=1S/C6H11O/c1-3-4-5-6-7-2/h5-6H,1,3-4H2,2H3. The Morgan fingerprint density at radius 3 is 2.86 bits per heavy atom. The minimum atomic E-state index is 0.944. The van der Waals surface area contributed by atoms with Crippen molar-refractivity contribution in [2.24, 2.45) is 0 Å². The highest BCUT2D eigenvalue weighted by atomic mass is 16.5. The monoisotopic (exact) mass is 99.1 g/mol. The number of unbranched alkanes of at least 4 members (excludes halogenated alkanes) is 1. The summed E-state index contributed by atoms with van der Waals surface area (Å²) in [6.45, 7) is 3.65. The zero-order valence-corrected chi connectivity index (χ0v) is 4.68. The molecule has 0 rings (SSSR count). The van der Waals surface area contributed by atoms with Gasteiger partial charge in [-0.1, -0.05) is 6.92 Å². The van der Waals surface area contributed by atoms with Gasteiger partial charge in [0.05, 0.1) is 13.4 Å². The van der Waals surface area contributed by atoms with E-state index in [4.69, 9.17) is 0 Å². The van der Waals surface area contributed by atoms with Crippen LogP contribution in [-0.4, -0.2) is 7.11 Å². The van der Waals surface area contributed by atoms with E-state index in [1.165, 1.54) is 0 Å². The molecule has 1 radical (unpaired) electrons. The Morgan fingerprint density at radius 2 is 2.43 bits per heavy atom. The second-order valence-corrected chi connectivity index (χ2v) is 1.25. The third-order valence-corrected chi connectivity index (χ3v) is 0.603. The van der Waals surface area contributed by atoms with Crippen molar-refractivity contribution in [1.82, 2.24) is 0 Å². The first-order chi connectivity index (χ1) is 3.41. The highest BCUT2D eigenvalue weighted by Crippen LogP contribution is 1.86. The maximum Gasteiger partial charge on any atom is 0.0784 e. The molecular formula is C6H11O. The summed E-state index contributed by atoms with van der Waals surface area (Å²) in [7, 11) is 1.64. The van der Waals surface area contributed by atoms with Gasteiger partial charge in [-0.05, 0) is 18.9 Å². The molecule has 0 aromatic heterocycles. The van der Waals surface area contributed by atoms with Crippen molar-refractivity contribution in [2.45, 2.75) is 12.8 Å². The largest absolute Gasteiger partial charge is 0.505 e.